The molecule has 0 spiro atoms. The largest absolute Gasteiger partial charge is 0.468 e. The summed E-state index contributed by atoms with van der Waals surface area (Å²) in [6.07, 6.45) is 1.56. The average molecular weight is 282 g/mol. The van der Waals surface area contributed by atoms with Crippen LogP contribution in [0.2, 0.25) is 0 Å². The number of ether oxygens (including phenoxy) is 2. The molecular formula is C18H18O3. The van der Waals surface area contributed by atoms with Crippen LogP contribution in [0.15, 0.2) is 48.5 Å². The molecule has 1 aliphatic rings. The first kappa shape index (κ1) is 13.7. The molecule has 0 bridgehead atoms. The van der Waals surface area contributed by atoms with Crippen molar-refractivity contribution in [2.45, 2.75) is 25.2 Å². The van der Waals surface area contributed by atoms with Gasteiger partial charge in [0.2, 0.25) is 0 Å². The summed E-state index contributed by atoms with van der Waals surface area (Å²) in [4.78, 5) is 12.7. The standard InChI is InChI=1S/C18H18O3/c1-3-12-18(17(19)20-2)13-8-4-6-10-15(13)21-16-11-7-5-9-14(16)18/h4-11H,3,12H2,1-2H3. The number of benzene rings is 2. The van der Waals surface area contributed by atoms with Crippen LogP contribution >= 0.6 is 0 Å². The van der Waals surface area contributed by atoms with E-state index in [1.807, 2.05) is 48.5 Å². The van der Waals surface area contributed by atoms with Gasteiger partial charge in [0.1, 0.15) is 16.9 Å². The third kappa shape index (κ3) is 1.92. The van der Waals surface area contributed by atoms with E-state index in [9.17, 15) is 4.79 Å². The van der Waals surface area contributed by atoms with E-state index in [1.54, 1.807) is 0 Å². The number of hydrogen-bond donors (Lipinski definition) is 0. The zero-order valence-electron chi connectivity index (χ0n) is 12.3. The second kappa shape index (κ2) is 5.24. The fourth-order valence-corrected chi connectivity index (χ4v) is 3.22. The zero-order valence-corrected chi connectivity index (χ0v) is 12.3. The van der Waals surface area contributed by atoms with Crippen LogP contribution in [0.25, 0.3) is 0 Å². The molecule has 1 heterocycles. The molecule has 0 aliphatic carbocycles. The molecule has 3 nitrogen and oxygen atoms in total. The number of methoxy groups -OCH3 is 1. The van der Waals surface area contributed by atoms with Crippen LogP contribution in [0.5, 0.6) is 11.5 Å². The van der Waals surface area contributed by atoms with E-state index in [-0.39, 0.29) is 5.97 Å². The first-order chi connectivity index (χ1) is 10.2. The van der Waals surface area contributed by atoms with Crippen LogP contribution in [0.4, 0.5) is 0 Å². The Hall–Kier alpha value is -2.29. The van der Waals surface area contributed by atoms with E-state index in [1.165, 1.54) is 7.11 Å². The summed E-state index contributed by atoms with van der Waals surface area (Å²) in [5.74, 6) is 1.23. The van der Waals surface area contributed by atoms with Crippen molar-refractivity contribution in [3.8, 4) is 11.5 Å². The van der Waals surface area contributed by atoms with E-state index >= 15 is 0 Å². The van der Waals surface area contributed by atoms with Gasteiger partial charge in [-0.25, -0.2) is 0 Å². The maximum absolute atomic E-state index is 12.7. The predicted molar refractivity (Wildman–Crippen MR) is 80.7 cm³/mol. The number of esters is 1. The molecule has 108 valence electrons. The summed E-state index contributed by atoms with van der Waals surface area (Å²) in [5, 5.41) is 0. The normalized spacial score (nSPS) is 14.6. The number of para-hydroxylation sites is 2. The molecule has 1 aliphatic heterocycles. The van der Waals surface area contributed by atoms with Gasteiger partial charge >= 0.3 is 5.97 Å². The highest BCUT2D eigenvalue weighted by molar-refractivity contribution is 5.90. The maximum atomic E-state index is 12.7. The summed E-state index contributed by atoms with van der Waals surface area (Å²) >= 11 is 0. The van der Waals surface area contributed by atoms with Gasteiger partial charge < -0.3 is 9.47 Å². The summed E-state index contributed by atoms with van der Waals surface area (Å²) in [5.41, 5.74) is 0.990. The highest BCUT2D eigenvalue weighted by Crippen LogP contribution is 2.50. The molecule has 21 heavy (non-hydrogen) atoms. The summed E-state index contributed by atoms with van der Waals surface area (Å²) in [7, 11) is 1.44. The molecule has 0 atom stereocenters. The third-order valence-corrected chi connectivity index (χ3v) is 4.07. The molecule has 0 unspecified atom stereocenters. The van der Waals surface area contributed by atoms with Gasteiger partial charge in [-0.15, -0.1) is 0 Å². The number of fused-ring (bicyclic) bond motifs is 2. The Balaban J connectivity index is 2.33. The van der Waals surface area contributed by atoms with Crippen molar-refractivity contribution in [1.29, 1.82) is 0 Å². The topological polar surface area (TPSA) is 35.5 Å². The van der Waals surface area contributed by atoms with Crippen molar-refractivity contribution in [3.05, 3.63) is 59.7 Å². The molecular weight excluding hydrogens is 264 g/mol. The van der Waals surface area contributed by atoms with E-state index < -0.39 is 5.41 Å². The van der Waals surface area contributed by atoms with Crippen LogP contribution in [0.3, 0.4) is 0 Å². The lowest BCUT2D eigenvalue weighted by Gasteiger charge is -2.37. The van der Waals surface area contributed by atoms with Crippen molar-refractivity contribution in [1.82, 2.24) is 0 Å². The fraction of sp³-hybridized carbons (Fsp3) is 0.278. The van der Waals surface area contributed by atoms with Crippen LogP contribution < -0.4 is 4.74 Å². The molecule has 3 heteroatoms. The van der Waals surface area contributed by atoms with E-state index in [0.29, 0.717) is 6.42 Å². The number of rotatable bonds is 3. The predicted octanol–water partition coefficient (Wildman–Crippen LogP) is 4.05. The molecule has 0 N–H and O–H groups in total. The Morgan fingerprint density at radius 1 is 1.05 bits per heavy atom. The maximum Gasteiger partial charge on any atom is 0.321 e. The minimum absolute atomic E-state index is 0.229. The van der Waals surface area contributed by atoms with E-state index in [4.69, 9.17) is 9.47 Å². The van der Waals surface area contributed by atoms with Crippen LogP contribution in [-0.4, -0.2) is 13.1 Å². The lowest BCUT2D eigenvalue weighted by Crippen LogP contribution is -2.40. The number of hydrogen-bond acceptors (Lipinski definition) is 3. The number of carbonyl (C=O) groups excluding carboxylic acids is 1. The van der Waals surface area contributed by atoms with Crippen molar-refractivity contribution in [2.24, 2.45) is 0 Å². The molecule has 0 radical (unpaired) electrons. The monoisotopic (exact) mass is 282 g/mol. The Morgan fingerprint density at radius 3 is 2.05 bits per heavy atom. The highest BCUT2D eigenvalue weighted by atomic mass is 16.5. The Morgan fingerprint density at radius 2 is 1.57 bits per heavy atom. The molecule has 3 rings (SSSR count). The van der Waals surface area contributed by atoms with Gasteiger partial charge in [-0.3, -0.25) is 4.79 Å². The quantitative estimate of drug-likeness (QED) is 0.797. The van der Waals surface area contributed by atoms with Crippen LogP contribution in [0, 0.1) is 0 Å². The molecule has 2 aromatic carbocycles. The first-order valence-electron chi connectivity index (χ1n) is 7.19. The Bertz CT molecular complexity index is 630. The summed E-state index contributed by atoms with van der Waals surface area (Å²) < 4.78 is 11.1. The van der Waals surface area contributed by atoms with Crippen LogP contribution in [-0.2, 0) is 14.9 Å². The second-order valence-corrected chi connectivity index (χ2v) is 5.24. The lowest BCUT2D eigenvalue weighted by molar-refractivity contribution is -0.146. The van der Waals surface area contributed by atoms with Crippen molar-refractivity contribution >= 4 is 5.97 Å². The van der Waals surface area contributed by atoms with E-state index in [0.717, 1.165) is 29.0 Å². The van der Waals surface area contributed by atoms with Gasteiger partial charge in [-0.1, -0.05) is 49.7 Å². The molecule has 0 fully saturated rings. The van der Waals surface area contributed by atoms with Gasteiger partial charge in [0.25, 0.3) is 0 Å². The van der Waals surface area contributed by atoms with Gasteiger partial charge in [0.05, 0.1) is 7.11 Å². The van der Waals surface area contributed by atoms with Gasteiger partial charge in [0, 0.05) is 11.1 Å². The lowest BCUT2D eigenvalue weighted by atomic mass is 9.69. The Labute approximate surface area is 124 Å². The van der Waals surface area contributed by atoms with Crippen molar-refractivity contribution in [2.75, 3.05) is 7.11 Å². The minimum Gasteiger partial charge on any atom is -0.468 e. The van der Waals surface area contributed by atoms with Crippen molar-refractivity contribution < 1.29 is 14.3 Å². The van der Waals surface area contributed by atoms with E-state index in [2.05, 4.69) is 6.92 Å². The highest BCUT2D eigenvalue weighted by Gasteiger charge is 2.48. The number of carbonyl (C=O) groups is 1. The molecule has 0 amide bonds. The van der Waals surface area contributed by atoms with Crippen LogP contribution in [0.1, 0.15) is 30.9 Å². The van der Waals surface area contributed by atoms with Gasteiger partial charge in [0.15, 0.2) is 0 Å². The molecule has 0 aromatic heterocycles. The first-order valence-corrected chi connectivity index (χ1v) is 7.19. The second-order valence-electron chi connectivity index (χ2n) is 5.24. The average Bonchev–Trinajstić information content (AvgIpc) is 2.54. The fourth-order valence-electron chi connectivity index (χ4n) is 3.22. The smallest absolute Gasteiger partial charge is 0.321 e. The summed E-state index contributed by atoms with van der Waals surface area (Å²) in [6, 6.07) is 15.4. The molecule has 0 saturated heterocycles. The summed E-state index contributed by atoms with van der Waals surface area (Å²) in [6.45, 7) is 2.07. The Kier molecular flexibility index (Phi) is 3.42. The minimum atomic E-state index is -0.783. The molecule has 2 aromatic rings. The molecule has 0 saturated carbocycles. The van der Waals surface area contributed by atoms with Gasteiger partial charge in [-0.05, 0) is 18.6 Å². The zero-order chi connectivity index (χ0) is 14.9. The SMILES string of the molecule is CCCC1(C(=O)OC)c2ccccc2Oc2ccccc21. The van der Waals surface area contributed by atoms with Crippen molar-refractivity contribution in [3.63, 3.8) is 0 Å². The third-order valence-electron chi connectivity index (χ3n) is 4.07. The van der Waals surface area contributed by atoms with Gasteiger partial charge in [-0.2, -0.15) is 0 Å².